The van der Waals surface area contributed by atoms with E-state index >= 15 is 0 Å². The molecular weight excluding hydrogens is 326 g/mol. The van der Waals surface area contributed by atoms with Crippen molar-refractivity contribution in [3.05, 3.63) is 29.8 Å². The van der Waals surface area contributed by atoms with Crippen LogP contribution in [0.2, 0.25) is 0 Å². The Bertz CT molecular complexity index is 686. The molecule has 2 rings (SSSR count). The SMILES string of the molecule is CC[C@H](C)[C@H](NC(=O)c1ccc(N2NC(=O)CCC2=O)cc1)C(=O)O. The van der Waals surface area contributed by atoms with Crippen LogP contribution in [0.3, 0.4) is 0 Å². The Morgan fingerprint density at radius 2 is 1.88 bits per heavy atom. The minimum Gasteiger partial charge on any atom is -0.480 e. The first-order valence-electron chi connectivity index (χ1n) is 8.09. The van der Waals surface area contributed by atoms with E-state index < -0.39 is 17.9 Å². The fourth-order valence-electron chi connectivity index (χ4n) is 2.45. The van der Waals surface area contributed by atoms with Gasteiger partial charge in [0.25, 0.3) is 5.91 Å². The van der Waals surface area contributed by atoms with Gasteiger partial charge in [-0.1, -0.05) is 20.3 Å². The lowest BCUT2D eigenvalue weighted by Gasteiger charge is -2.27. The van der Waals surface area contributed by atoms with Gasteiger partial charge in [-0.2, -0.15) is 0 Å². The van der Waals surface area contributed by atoms with E-state index in [2.05, 4.69) is 10.7 Å². The number of hydrogen-bond acceptors (Lipinski definition) is 4. The van der Waals surface area contributed by atoms with Crippen molar-refractivity contribution in [3.8, 4) is 0 Å². The van der Waals surface area contributed by atoms with E-state index in [0.717, 1.165) is 5.01 Å². The summed E-state index contributed by atoms with van der Waals surface area (Å²) in [6.07, 6.45) is 0.901. The summed E-state index contributed by atoms with van der Waals surface area (Å²) in [6, 6.07) is 5.04. The number of nitrogens with one attached hydrogen (secondary N) is 2. The Kier molecular flexibility index (Phi) is 5.74. The van der Waals surface area contributed by atoms with Gasteiger partial charge in [0.05, 0.1) is 5.69 Å². The molecule has 0 aliphatic carbocycles. The summed E-state index contributed by atoms with van der Waals surface area (Å²) in [4.78, 5) is 46.8. The van der Waals surface area contributed by atoms with Crippen LogP contribution in [0.5, 0.6) is 0 Å². The van der Waals surface area contributed by atoms with Crippen molar-refractivity contribution in [3.63, 3.8) is 0 Å². The minimum atomic E-state index is -1.08. The highest BCUT2D eigenvalue weighted by atomic mass is 16.4. The van der Waals surface area contributed by atoms with Crippen molar-refractivity contribution < 1.29 is 24.3 Å². The van der Waals surface area contributed by atoms with Gasteiger partial charge in [-0.25, -0.2) is 9.80 Å². The normalized spacial score (nSPS) is 16.8. The maximum Gasteiger partial charge on any atom is 0.326 e. The lowest BCUT2D eigenvalue weighted by atomic mass is 9.99. The lowest BCUT2D eigenvalue weighted by molar-refractivity contribution is -0.140. The van der Waals surface area contributed by atoms with Crippen molar-refractivity contribution in [1.82, 2.24) is 10.7 Å². The molecule has 1 heterocycles. The summed E-state index contributed by atoms with van der Waals surface area (Å²) in [7, 11) is 0. The van der Waals surface area contributed by atoms with Crippen LogP contribution >= 0.6 is 0 Å². The molecule has 1 aliphatic rings. The number of carbonyl (C=O) groups excluding carboxylic acids is 3. The Labute approximate surface area is 145 Å². The largest absolute Gasteiger partial charge is 0.480 e. The summed E-state index contributed by atoms with van der Waals surface area (Å²) in [5, 5.41) is 12.9. The molecule has 8 heteroatoms. The van der Waals surface area contributed by atoms with Gasteiger partial charge >= 0.3 is 5.97 Å². The summed E-state index contributed by atoms with van der Waals surface area (Å²) in [5.41, 5.74) is 3.18. The van der Waals surface area contributed by atoms with Crippen LogP contribution in [-0.4, -0.2) is 34.8 Å². The van der Waals surface area contributed by atoms with Crippen LogP contribution < -0.4 is 15.8 Å². The first-order valence-corrected chi connectivity index (χ1v) is 8.09. The molecule has 8 nitrogen and oxygen atoms in total. The molecule has 0 radical (unpaired) electrons. The minimum absolute atomic E-state index is 0.128. The van der Waals surface area contributed by atoms with Crippen LogP contribution in [0.25, 0.3) is 0 Å². The van der Waals surface area contributed by atoms with Gasteiger partial charge in [0.2, 0.25) is 11.8 Å². The molecule has 1 aliphatic heterocycles. The highest BCUT2D eigenvalue weighted by molar-refractivity contribution is 6.02. The highest BCUT2D eigenvalue weighted by Crippen LogP contribution is 2.18. The van der Waals surface area contributed by atoms with Gasteiger partial charge in [0.1, 0.15) is 6.04 Å². The van der Waals surface area contributed by atoms with Gasteiger partial charge in [-0.3, -0.25) is 19.8 Å². The number of carboxylic acid groups (broad SMARTS) is 1. The summed E-state index contributed by atoms with van der Waals surface area (Å²) in [6.45, 7) is 3.61. The molecule has 1 aromatic rings. The Balaban J connectivity index is 2.10. The molecule has 0 unspecified atom stereocenters. The van der Waals surface area contributed by atoms with Crippen LogP contribution in [-0.2, 0) is 14.4 Å². The predicted molar refractivity (Wildman–Crippen MR) is 89.6 cm³/mol. The second kappa shape index (κ2) is 7.78. The average molecular weight is 347 g/mol. The molecule has 3 amide bonds. The fourth-order valence-corrected chi connectivity index (χ4v) is 2.45. The number of carboxylic acids is 1. The lowest BCUT2D eigenvalue weighted by Crippen LogP contribution is -2.50. The molecule has 0 bridgehead atoms. The van der Waals surface area contributed by atoms with Crippen molar-refractivity contribution >= 4 is 29.4 Å². The van der Waals surface area contributed by atoms with Crippen LogP contribution in [0.1, 0.15) is 43.5 Å². The van der Waals surface area contributed by atoms with Crippen molar-refractivity contribution in [2.45, 2.75) is 39.2 Å². The topological polar surface area (TPSA) is 116 Å². The molecule has 0 spiro atoms. The monoisotopic (exact) mass is 347 g/mol. The van der Waals surface area contributed by atoms with Gasteiger partial charge in [0, 0.05) is 18.4 Å². The summed E-state index contributed by atoms with van der Waals surface area (Å²) >= 11 is 0. The van der Waals surface area contributed by atoms with Crippen LogP contribution in [0.15, 0.2) is 24.3 Å². The zero-order valence-electron chi connectivity index (χ0n) is 14.1. The van der Waals surface area contributed by atoms with Gasteiger partial charge in [-0.05, 0) is 30.2 Å². The number of anilines is 1. The van der Waals surface area contributed by atoms with E-state index in [9.17, 15) is 24.3 Å². The smallest absolute Gasteiger partial charge is 0.326 e. The van der Waals surface area contributed by atoms with E-state index in [-0.39, 0.29) is 36.1 Å². The van der Waals surface area contributed by atoms with Gasteiger partial charge < -0.3 is 10.4 Å². The maximum absolute atomic E-state index is 12.3. The number of carbonyl (C=O) groups is 4. The van der Waals surface area contributed by atoms with Gasteiger partial charge in [-0.15, -0.1) is 0 Å². The van der Waals surface area contributed by atoms with E-state index in [1.807, 2.05) is 6.92 Å². The van der Waals surface area contributed by atoms with E-state index in [1.54, 1.807) is 6.92 Å². The molecule has 1 aromatic carbocycles. The van der Waals surface area contributed by atoms with Crippen LogP contribution in [0, 0.1) is 5.92 Å². The standard InChI is InChI=1S/C17H21N3O5/c1-3-10(2)15(17(24)25)18-16(23)11-4-6-12(7-5-11)20-14(22)9-8-13(21)19-20/h4-7,10,15H,3,8-9H2,1-2H3,(H,18,23)(H,19,21)(H,24,25)/t10-,15-/m0/s1. The first kappa shape index (κ1) is 18.4. The van der Waals surface area contributed by atoms with Gasteiger partial charge in [0.15, 0.2) is 0 Å². The maximum atomic E-state index is 12.3. The zero-order valence-corrected chi connectivity index (χ0v) is 14.1. The van der Waals surface area contributed by atoms with E-state index in [0.29, 0.717) is 12.1 Å². The average Bonchev–Trinajstić information content (AvgIpc) is 2.60. The number of hydrazine groups is 1. The molecule has 1 saturated heterocycles. The zero-order chi connectivity index (χ0) is 18.6. The molecule has 0 saturated carbocycles. The fraction of sp³-hybridized carbons (Fsp3) is 0.412. The van der Waals surface area contributed by atoms with Crippen molar-refractivity contribution in [2.24, 2.45) is 5.92 Å². The second-order valence-corrected chi connectivity index (χ2v) is 5.99. The predicted octanol–water partition coefficient (Wildman–Crippen LogP) is 1.07. The van der Waals surface area contributed by atoms with Crippen LogP contribution in [0.4, 0.5) is 5.69 Å². The number of amides is 3. The van der Waals surface area contributed by atoms with Crippen molar-refractivity contribution in [2.75, 3.05) is 5.01 Å². The number of nitrogens with zero attached hydrogens (tertiary/aromatic N) is 1. The Morgan fingerprint density at radius 3 is 2.44 bits per heavy atom. The molecular formula is C17H21N3O5. The third-order valence-electron chi connectivity index (χ3n) is 4.21. The highest BCUT2D eigenvalue weighted by Gasteiger charge is 2.27. The number of aliphatic carboxylic acids is 1. The molecule has 25 heavy (non-hydrogen) atoms. The Morgan fingerprint density at radius 1 is 1.24 bits per heavy atom. The van der Waals surface area contributed by atoms with E-state index in [4.69, 9.17) is 0 Å². The van der Waals surface area contributed by atoms with E-state index in [1.165, 1.54) is 24.3 Å². The molecule has 1 fully saturated rings. The molecule has 2 atom stereocenters. The summed E-state index contributed by atoms with van der Waals surface area (Å²) in [5.74, 6) is -2.28. The quantitative estimate of drug-likeness (QED) is 0.712. The third kappa shape index (κ3) is 4.34. The number of benzene rings is 1. The number of hydrogen-bond donors (Lipinski definition) is 3. The molecule has 0 aromatic heterocycles. The summed E-state index contributed by atoms with van der Waals surface area (Å²) < 4.78 is 0. The van der Waals surface area contributed by atoms with Crippen molar-refractivity contribution in [1.29, 1.82) is 0 Å². The number of rotatable bonds is 6. The third-order valence-corrected chi connectivity index (χ3v) is 4.21. The molecule has 134 valence electrons. The molecule has 3 N–H and O–H groups in total. The Hall–Kier alpha value is -2.90. The first-order chi connectivity index (χ1) is 11.8. The second-order valence-electron chi connectivity index (χ2n) is 5.99.